The Morgan fingerprint density at radius 1 is 1.46 bits per heavy atom. The van der Waals surface area contributed by atoms with Gasteiger partial charge in [-0.15, -0.1) is 11.3 Å². The van der Waals surface area contributed by atoms with Crippen LogP contribution in [0.2, 0.25) is 0 Å². The van der Waals surface area contributed by atoms with Gasteiger partial charge >= 0.3 is 12.1 Å². The highest BCUT2D eigenvalue weighted by Gasteiger charge is 2.39. The summed E-state index contributed by atoms with van der Waals surface area (Å²) in [5.74, 6) is -2.80. The number of amides is 1. The number of hydrogen-bond acceptors (Lipinski definition) is 6. The van der Waals surface area contributed by atoms with Crippen LogP contribution in [-0.2, 0) is 25.6 Å². The molecule has 1 spiro atoms. The molecule has 2 aliphatic heterocycles. The largest absolute Gasteiger partial charge is 0.490 e. The number of morpholine rings is 1. The van der Waals surface area contributed by atoms with E-state index in [9.17, 15) is 18.0 Å². The van der Waals surface area contributed by atoms with Crippen LogP contribution in [0, 0.1) is 0 Å². The van der Waals surface area contributed by atoms with E-state index in [-0.39, 0.29) is 18.1 Å². The second kappa shape index (κ2) is 8.80. The van der Waals surface area contributed by atoms with Crippen molar-refractivity contribution in [2.24, 2.45) is 0 Å². The van der Waals surface area contributed by atoms with E-state index in [1.807, 2.05) is 0 Å². The Hall–Kier alpha value is -1.69. The minimum atomic E-state index is -5.08. The molecule has 146 valence electrons. The van der Waals surface area contributed by atoms with E-state index in [4.69, 9.17) is 19.4 Å². The number of carboxylic acids is 1. The zero-order valence-electron chi connectivity index (χ0n) is 13.8. The summed E-state index contributed by atoms with van der Waals surface area (Å²) in [6, 6.07) is 4.22. The molecule has 1 aromatic rings. The first-order valence-corrected chi connectivity index (χ1v) is 8.61. The number of nitrogens with one attached hydrogen (secondary N) is 1. The molecule has 11 heteroatoms. The van der Waals surface area contributed by atoms with Crippen LogP contribution in [0.5, 0.6) is 0 Å². The van der Waals surface area contributed by atoms with Crippen LogP contribution >= 0.6 is 11.3 Å². The molecular weight excluding hydrogens is 377 g/mol. The number of carbonyl (C=O) groups is 2. The molecule has 2 fully saturated rings. The van der Waals surface area contributed by atoms with Gasteiger partial charge in [0.25, 0.3) is 0 Å². The molecule has 0 aliphatic carbocycles. The first-order chi connectivity index (χ1) is 12.2. The van der Waals surface area contributed by atoms with Crippen molar-refractivity contribution in [3.8, 4) is 0 Å². The zero-order chi connectivity index (χ0) is 19.2. The number of nitrogens with zero attached hydrogens (tertiary/aromatic N) is 1. The first-order valence-electron chi connectivity index (χ1n) is 7.73. The zero-order valence-corrected chi connectivity index (χ0v) is 14.6. The predicted molar refractivity (Wildman–Crippen MR) is 85.8 cm³/mol. The van der Waals surface area contributed by atoms with E-state index >= 15 is 0 Å². The summed E-state index contributed by atoms with van der Waals surface area (Å²) in [6.45, 7) is 4.55. The normalized spacial score (nSPS) is 24.3. The van der Waals surface area contributed by atoms with Crippen LogP contribution in [0.1, 0.15) is 4.88 Å². The molecule has 2 aliphatic rings. The Bertz CT molecular complexity index is 599. The fraction of sp³-hybridized carbons (Fsp3) is 0.600. The maximum atomic E-state index is 11.2. The smallest absolute Gasteiger partial charge is 0.475 e. The van der Waals surface area contributed by atoms with E-state index in [0.717, 1.165) is 19.6 Å². The van der Waals surface area contributed by atoms with Crippen molar-refractivity contribution in [1.29, 1.82) is 0 Å². The summed E-state index contributed by atoms with van der Waals surface area (Å²) in [5, 5.41) is 12.1. The molecule has 1 unspecified atom stereocenters. The summed E-state index contributed by atoms with van der Waals surface area (Å²) in [5.41, 5.74) is -0.387. The average molecular weight is 396 g/mol. The molecule has 7 nitrogen and oxygen atoms in total. The third-order valence-corrected chi connectivity index (χ3v) is 4.61. The van der Waals surface area contributed by atoms with Gasteiger partial charge in [-0.2, -0.15) is 13.2 Å². The second-order valence-electron chi connectivity index (χ2n) is 5.89. The Kier molecular flexibility index (Phi) is 6.98. The molecule has 1 amide bonds. The van der Waals surface area contributed by atoms with Crippen LogP contribution in [0.4, 0.5) is 13.2 Å². The van der Waals surface area contributed by atoms with E-state index < -0.39 is 12.1 Å². The van der Waals surface area contributed by atoms with Gasteiger partial charge in [0.05, 0.1) is 19.8 Å². The number of rotatable bonds is 2. The van der Waals surface area contributed by atoms with Gasteiger partial charge in [0, 0.05) is 24.5 Å². The maximum Gasteiger partial charge on any atom is 0.490 e. The molecule has 2 saturated heterocycles. The molecule has 3 heterocycles. The Labute approximate surface area is 151 Å². The summed E-state index contributed by atoms with van der Waals surface area (Å²) in [7, 11) is 0. The quantitative estimate of drug-likeness (QED) is 0.779. The second-order valence-corrected chi connectivity index (χ2v) is 6.93. The van der Waals surface area contributed by atoms with Gasteiger partial charge in [0.15, 0.2) is 0 Å². The minimum absolute atomic E-state index is 0.0420. The fourth-order valence-corrected chi connectivity index (χ4v) is 3.26. The minimum Gasteiger partial charge on any atom is -0.475 e. The summed E-state index contributed by atoms with van der Waals surface area (Å²) < 4.78 is 43.2. The van der Waals surface area contributed by atoms with Crippen LogP contribution in [0.15, 0.2) is 17.5 Å². The molecule has 1 aromatic heterocycles. The van der Waals surface area contributed by atoms with Crippen LogP contribution in [0.25, 0.3) is 0 Å². The van der Waals surface area contributed by atoms with E-state index in [1.165, 1.54) is 4.88 Å². The highest BCUT2D eigenvalue weighted by atomic mass is 32.1. The third-order valence-electron chi connectivity index (χ3n) is 3.75. The number of halogens is 3. The van der Waals surface area contributed by atoms with Crippen molar-refractivity contribution in [2.75, 3.05) is 39.5 Å². The van der Waals surface area contributed by atoms with Gasteiger partial charge in [0.2, 0.25) is 5.91 Å². The number of thiophene rings is 1. The third kappa shape index (κ3) is 6.24. The number of hydrogen-bond donors (Lipinski definition) is 2. The van der Waals surface area contributed by atoms with E-state index in [1.54, 1.807) is 11.3 Å². The number of alkyl halides is 3. The number of ether oxygens (including phenoxy) is 2. The molecule has 1 atom stereocenters. The Morgan fingerprint density at radius 3 is 2.73 bits per heavy atom. The predicted octanol–water partition coefficient (Wildman–Crippen LogP) is 1.10. The molecule has 2 N–H and O–H groups in total. The van der Waals surface area contributed by atoms with Gasteiger partial charge < -0.3 is 19.9 Å². The first kappa shape index (κ1) is 20.6. The summed E-state index contributed by atoms with van der Waals surface area (Å²) in [4.78, 5) is 23.8. The van der Waals surface area contributed by atoms with Crippen molar-refractivity contribution in [3.05, 3.63) is 22.4 Å². The highest BCUT2D eigenvalue weighted by Crippen LogP contribution is 2.21. The molecular formula is C15H19F3N2O5S. The Balaban J connectivity index is 0.000000298. The van der Waals surface area contributed by atoms with Crippen molar-refractivity contribution in [1.82, 2.24) is 10.2 Å². The SMILES string of the molecule is O=C(O)C(F)(F)F.O=C1COC2(CN1)COCCN(Cc1cccs1)C2. The van der Waals surface area contributed by atoms with Gasteiger partial charge in [-0.3, -0.25) is 9.69 Å². The number of carbonyl (C=O) groups excluding carboxylic acids is 1. The highest BCUT2D eigenvalue weighted by molar-refractivity contribution is 7.09. The molecule has 0 saturated carbocycles. The van der Waals surface area contributed by atoms with Gasteiger partial charge in [-0.25, -0.2) is 4.79 Å². The van der Waals surface area contributed by atoms with E-state index in [0.29, 0.717) is 19.8 Å². The molecule has 26 heavy (non-hydrogen) atoms. The summed E-state index contributed by atoms with van der Waals surface area (Å²) in [6.07, 6.45) is -5.08. The van der Waals surface area contributed by atoms with Gasteiger partial charge in [-0.1, -0.05) is 6.07 Å². The lowest BCUT2D eigenvalue weighted by Gasteiger charge is -2.38. The fourth-order valence-electron chi connectivity index (χ4n) is 2.52. The molecule has 0 radical (unpaired) electrons. The average Bonchev–Trinajstić information content (AvgIpc) is 2.99. The maximum absolute atomic E-state index is 11.2. The van der Waals surface area contributed by atoms with Crippen molar-refractivity contribution in [2.45, 2.75) is 18.3 Å². The number of aliphatic carboxylic acids is 1. The van der Waals surface area contributed by atoms with Crippen LogP contribution in [-0.4, -0.2) is 73.1 Å². The van der Waals surface area contributed by atoms with E-state index in [2.05, 4.69) is 27.7 Å². The molecule has 0 aromatic carbocycles. The van der Waals surface area contributed by atoms with Crippen molar-refractivity contribution < 1.29 is 37.3 Å². The Morgan fingerprint density at radius 2 is 2.19 bits per heavy atom. The lowest BCUT2D eigenvalue weighted by atomic mass is 10.0. The standard InChI is InChI=1S/C13H18N2O3S.C2HF3O2/c16-12-7-18-13(8-14-12)9-15(3-4-17-10-13)6-11-2-1-5-19-11;3-2(4,5)1(6)7/h1-2,5H,3-4,6-10H2,(H,14,16);(H,6,7). The topological polar surface area (TPSA) is 88.1 Å². The van der Waals surface area contributed by atoms with Crippen molar-refractivity contribution in [3.63, 3.8) is 0 Å². The summed E-state index contributed by atoms with van der Waals surface area (Å²) >= 11 is 1.77. The monoisotopic (exact) mass is 396 g/mol. The van der Waals surface area contributed by atoms with Gasteiger partial charge in [0.1, 0.15) is 12.2 Å². The molecule has 0 bridgehead atoms. The van der Waals surface area contributed by atoms with Crippen molar-refractivity contribution >= 4 is 23.2 Å². The van der Waals surface area contributed by atoms with Crippen LogP contribution < -0.4 is 5.32 Å². The lowest BCUT2D eigenvalue weighted by molar-refractivity contribution is -0.192. The van der Waals surface area contributed by atoms with Gasteiger partial charge in [-0.05, 0) is 11.4 Å². The molecule has 3 rings (SSSR count). The lowest BCUT2D eigenvalue weighted by Crippen LogP contribution is -2.59. The van der Waals surface area contributed by atoms with Crippen LogP contribution in [0.3, 0.4) is 0 Å². The number of carboxylic acid groups (broad SMARTS) is 1.